The molecule has 22 heavy (non-hydrogen) atoms. The largest absolute Gasteiger partial charge is 0.396 e. The van der Waals surface area contributed by atoms with Gasteiger partial charge in [0.05, 0.1) is 20.6 Å². The van der Waals surface area contributed by atoms with Crippen molar-refractivity contribution in [2.45, 2.75) is 6.92 Å². The average molecular weight is 399 g/mol. The molecule has 2 aromatic heterocycles. The highest BCUT2D eigenvalue weighted by Crippen LogP contribution is 2.32. The van der Waals surface area contributed by atoms with Crippen molar-refractivity contribution in [1.82, 2.24) is 5.43 Å². The van der Waals surface area contributed by atoms with E-state index in [0.717, 1.165) is 4.88 Å². The van der Waals surface area contributed by atoms with Crippen LogP contribution in [0.2, 0.25) is 19.5 Å². The predicted molar refractivity (Wildman–Crippen MR) is 91.4 cm³/mol. The van der Waals surface area contributed by atoms with Crippen LogP contribution >= 0.6 is 57.7 Å². The fraction of sp³-hybridized carbons (Fsp3) is 0.0833. The molecule has 0 aliphatic heterocycles. The molecule has 2 aromatic rings. The fourth-order valence-electron chi connectivity index (χ4n) is 1.48. The number of hydrazone groups is 1. The summed E-state index contributed by atoms with van der Waals surface area (Å²) in [4.78, 5) is 15.5. The van der Waals surface area contributed by atoms with E-state index in [0.29, 0.717) is 10.0 Å². The van der Waals surface area contributed by atoms with Gasteiger partial charge in [0, 0.05) is 0 Å². The number of amides is 1. The molecule has 10 heteroatoms. The van der Waals surface area contributed by atoms with Crippen molar-refractivity contribution in [3.63, 3.8) is 0 Å². The number of H-pyrrole nitrogens is 1. The second-order valence-corrected chi connectivity index (χ2v) is 6.95. The average Bonchev–Trinajstić information content (AvgIpc) is 2.92. The number of hydrogen-bond donors (Lipinski definition) is 2. The van der Waals surface area contributed by atoms with Gasteiger partial charge < -0.3 is 5.73 Å². The van der Waals surface area contributed by atoms with Crippen molar-refractivity contribution in [2.75, 3.05) is 5.73 Å². The van der Waals surface area contributed by atoms with E-state index in [-0.39, 0.29) is 26.6 Å². The minimum absolute atomic E-state index is 0.0134. The first-order valence-electron chi connectivity index (χ1n) is 5.76. The number of halogens is 4. The van der Waals surface area contributed by atoms with Gasteiger partial charge in [0.15, 0.2) is 0 Å². The smallest absolute Gasteiger partial charge is 0.337 e. The Bertz CT molecular complexity index is 775. The number of anilines is 1. The summed E-state index contributed by atoms with van der Waals surface area (Å²) in [7, 11) is 0. The van der Waals surface area contributed by atoms with Gasteiger partial charge in [-0.25, -0.2) is 5.43 Å². The fourth-order valence-corrected chi connectivity index (χ4v) is 3.08. The zero-order chi connectivity index (χ0) is 16.4. The molecule has 0 bridgehead atoms. The van der Waals surface area contributed by atoms with E-state index in [1.54, 1.807) is 19.1 Å². The van der Waals surface area contributed by atoms with E-state index in [2.05, 4.69) is 15.5 Å². The molecule has 0 unspecified atom stereocenters. The normalized spacial score (nSPS) is 11.6. The van der Waals surface area contributed by atoms with Crippen LogP contribution in [0.4, 0.5) is 5.69 Å². The van der Waals surface area contributed by atoms with E-state index >= 15 is 0 Å². The van der Waals surface area contributed by atoms with Crippen molar-refractivity contribution in [3.8, 4) is 0 Å². The highest BCUT2D eigenvalue weighted by molar-refractivity contribution is 7.18. The highest BCUT2D eigenvalue weighted by atomic mass is 35.5. The van der Waals surface area contributed by atoms with Gasteiger partial charge in [0.25, 0.3) is 10.8 Å². The number of pyridine rings is 1. The lowest BCUT2D eigenvalue weighted by Gasteiger charge is -2.03. The molecule has 1 amide bonds. The van der Waals surface area contributed by atoms with Crippen molar-refractivity contribution in [1.29, 1.82) is 0 Å². The number of nitrogens with zero attached hydrogens (tertiary/aromatic N) is 1. The molecule has 0 radical (unpaired) electrons. The molecule has 0 fully saturated rings. The summed E-state index contributed by atoms with van der Waals surface area (Å²) in [6.45, 7) is 1.73. The first kappa shape index (κ1) is 17.3. The lowest BCUT2D eigenvalue weighted by molar-refractivity contribution is -0.379. The van der Waals surface area contributed by atoms with E-state index in [1.165, 1.54) is 11.3 Å². The topological polar surface area (TPSA) is 81.6 Å². The maximum Gasteiger partial charge on any atom is 0.337 e. The van der Waals surface area contributed by atoms with E-state index < -0.39 is 5.91 Å². The van der Waals surface area contributed by atoms with Crippen LogP contribution in [0.15, 0.2) is 17.2 Å². The summed E-state index contributed by atoms with van der Waals surface area (Å²) in [6, 6.07) is 3.54. The molecule has 0 aliphatic rings. The van der Waals surface area contributed by atoms with Gasteiger partial charge in [-0.15, -0.1) is 11.3 Å². The van der Waals surface area contributed by atoms with Crippen molar-refractivity contribution in [2.24, 2.45) is 5.10 Å². The Morgan fingerprint density at radius 3 is 2.55 bits per heavy atom. The van der Waals surface area contributed by atoms with Gasteiger partial charge in [-0.1, -0.05) is 34.8 Å². The number of hydrogen-bond acceptors (Lipinski definition) is 4. The molecule has 116 valence electrons. The Hall–Kier alpha value is -1.05. The van der Waals surface area contributed by atoms with E-state index in [9.17, 15) is 4.79 Å². The van der Waals surface area contributed by atoms with Crippen LogP contribution in [-0.4, -0.2) is 11.6 Å². The summed E-state index contributed by atoms with van der Waals surface area (Å²) in [5, 5.41) is 4.02. The summed E-state index contributed by atoms with van der Waals surface area (Å²) in [6.07, 6.45) is 0. The minimum atomic E-state index is -0.600. The second kappa shape index (κ2) is 7.02. The van der Waals surface area contributed by atoms with Crippen molar-refractivity contribution >= 4 is 75.0 Å². The van der Waals surface area contributed by atoms with Gasteiger partial charge in [0.1, 0.15) is 10.0 Å². The SMILES string of the molecule is C/C(=N/NC(=O)c1[nH+]c(Cl)c(Cl)c(N)c1Cl)c1ccc(Cl)s1. The zero-order valence-corrected chi connectivity index (χ0v) is 14.8. The first-order chi connectivity index (χ1) is 10.3. The standard InChI is InChI=1S/C12H8Cl4N4OS/c1-4(5-2-3-6(13)22-5)19-20-12(21)10-7(14)9(17)8(15)11(16)18-10/h2-3H,1H3,(H2,17,18)(H,20,21)/p+1/b19-4-. The minimum Gasteiger partial charge on any atom is -0.396 e. The molecule has 0 saturated carbocycles. The lowest BCUT2D eigenvalue weighted by atomic mass is 10.3. The molecular formula is C12H9Cl4N4OS+. The Balaban J connectivity index is 2.23. The number of carbonyl (C=O) groups is 1. The Kier molecular flexibility index (Phi) is 5.52. The molecule has 0 atom stereocenters. The summed E-state index contributed by atoms with van der Waals surface area (Å²) in [5.41, 5.74) is 8.61. The quantitative estimate of drug-likeness (QED) is 0.466. The molecular weight excluding hydrogens is 390 g/mol. The second-order valence-electron chi connectivity index (χ2n) is 4.10. The monoisotopic (exact) mass is 397 g/mol. The van der Waals surface area contributed by atoms with Crippen LogP contribution in [0.5, 0.6) is 0 Å². The van der Waals surface area contributed by atoms with Crippen molar-refractivity contribution < 1.29 is 9.78 Å². The number of rotatable bonds is 3. The maximum atomic E-state index is 12.1. The van der Waals surface area contributed by atoms with Crippen molar-refractivity contribution in [3.05, 3.63) is 42.2 Å². The lowest BCUT2D eigenvalue weighted by Crippen LogP contribution is -2.28. The number of carbonyl (C=O) groups excluding carboxylic acids is 1. The number of aromatic nitrogens is 1. The number of nitrogens with two attached hydrogens (primary N) is 1. The molecule has 2 rings (SSSR count). The predicted octanol–water partition coefficient (Wildman–Crippen LogP) is 3.91. The van der Waals surface area contributed by atoms with Crippen LogP contribution in [0.3, 0.4) is 0 Å². The van der Waals surface area contributed by atoms with E-state index in [4.69, 9.17) is 52.1 Å². The van der Waals surface area contributed by atoms with Gasteiger partial charge in [0.2, 0.25) is 0 Å². The van der Waals surface area contributed by atoms with Crippen LogP contribution in [0, 0.1) is 0 Å². The van der Waals surface area contributed by atoms with Crippen LogP contribution in [-0.2, 0) is 0 Å². The maximum absolute atomic E-state index is 12.1. The molecule has 2 heterocycles. The third kappa shape index (κ3) is 3.64. The Morgan fingerprint density at radius 2 is 1.95 bits per heavy atom. The number of nitrogens with one attached hydrogen (secondary N) is 2. The van der Waals surface area contributed by atoms with E-state index in [1.807, 2.05) is 0 Å². The number of nitrogen functional groups attached to an aromatic ring is 1. The molecule has 5 nitrogen and oxygen atoms in total. The molecule has 0 aromatic carbocycles. The van der Waals surface area contributed by atoms with Crippen LogP contribution in [0.25, 0.3) is 0 Å². The number of aromatic amines is 1. The van der Waals surface area contributed by atoms with Gasteiger partial charge in [-0.3, -0.25) is 4.79 Å². The first-order valence-corrected chi connectivity index (χ1v) is 8.09. The van der Waals surface area contributed by atoms with Crippen LogP contribution in [0.1, 0.15) is 22.3 Å². The summed E-state index contributed by atoms with van der Waals surface area (Å²) < 4.78 is 0.629. The Labute approximate surface area is 150 Å². The molecule has 0 spiro atoms. The van der Waals surface area contributed by atoms with Gasteiger partial charge >= 0.3 is 5.91 Å². The molecule has 4 N–H and O–H groups in total. The Morgan fingerprint density at radius 1 is 1.27 bits per heavy atom. The van der Waals surface area contributed by atoms with Crippen LogP contribution < -0.4 is 16.1 Å². The summed E-state index contributed by atoms with van der Waals surface area (Å²) >= 11 is 24.8. The number of thiophene rings is 1. The highest BCUT2D eigenvalue weighted by Gasteiger charge is 2.26. The van der Waals surface area contributed by atoms with Gasteiger partial charge in [-0.05, 0) is 30.7 Å². The third-order valence-electron chi connectivity index (χ3n) is 2.60. The molecule has 0 aliphatic carbocycles. The summed E-state index contributed by atoms with van der Waals surface area (Å²) in [5.74, 6) is -0.600. The molecule has 0 saturated heterocycles. The zero-order valence-electron chi connectivity index (χ0n) is 11.0. The third-order valence-corrected chi connectivity index (χ3v) is 5.11. The van der Waals surface area contributed by atoms with Gasteiger partial charge in [-0.2, -0.15) is 10.1 Å².